The number of unbranched alkanes of at least 4 members (excludes halogenated alkanes) is 6. The van der Waals surface area contributed by atoms with Gasteiger partial charge in [0, 0.05) is 24.6 Å². The maximum atomic E-state index is 14.0. The fraction of sp³-hybridized carbons (Fsp3) is 0.706. The molecule has 0 atom stereocenters. The molecule has 2 aromatic rings. The minimum atomic E-state index is -8.93. The number of hydrogen-bond acceptors (Lipinski definition) is 6. The molecule has 29 heteroatoms. The van der Waals surface area contributed by atoms with Crippen LogP contribution in [0.15, 0.2) is 36.7 Å². The van der Waals surface area contributed by atoms with E-state index in [0.29, 0.717) is 11.4 Å². The lowest BCUT2D eigenvalue weighted by Crippen LogP contribution is -2.71. The molecule has 2 rings (SSSR count). The second kappa shape index (κ2) is 19.9. The molecule has 0 spiro atoms. The van der Waals surface area contributed by atoms with Gasteiger partial charge in [-0.05, 0) is 55.5 Å². The topological polar surface area (TPSA) is 62.7 Å². The van der Waals surface area contributed by atoms with Crippen LogP contribution < -0.4 is 4.74 Å². The van der Waals surface area contributed by atoms with Crippen LogP contribution in [0, 0.1) is 0 Å². The van der Waals surface area contributed by atoms with Crippen molar-refractivity contribution < 1.29 is 120 Å². The second-order valence-corrected chi connectivity index (χ2v) is 13.4. The molecule has 0 N–H and O–H groups in total. The van der Waals surface area contributed by atoms with Crippen molar-refractivity contribution >= 4 is 0 Å². The minimum absolute atomic E-state index is 0.133. The van der Waals surface area contributed by atoms with E-state index in [2.05, 4.69) is 21.6 Å². The van der Waals surface area contributed by atoms with E-state index in [9.17, 15) is 101 Å². The lowest BCUT2D eigenvalue weighted by Gasteiger charge is -2.40. The van der Waals surface area contributed by atoms with E-state index in [1.165, 1.54) is 23.3 Å². The number of aryl methyl sites for hydroxylation is 1. The second-order valence-electron chi connectivity index (χ2n) is 13.4. The zero-order chi connectivity index (χ0) is 48.8. The fourth-order valence-electron chi connectivity index (χ4n) is 4.77. The Balaban J connectivity index is 1.96. The SMILES string of the molecule is CCCCCCCCc1cnc(-c2ccc(OCCCCOCC(F)(F)C(F)(F)C(F)(F)OC(F)(F)C(F)(F)OC(F)(F)C(F)(F)C(F)(F)C(F)(F)C(F)(F)C(F)(F)F)cc2)nc1. The van der Waals surface area contributed by atoms with Crippen molar-refractivity contribution in [3.05, 3.63) is 42.2 Å². The maximum Gasteiger partial charge on any atom is 0.460 e. The van der Waals surface area contributed by atoms with E-state index < -0.39 is 79.4 Å². The molecule has 0 aliphatic heterocycles. The zero-order valence-electron chi connectivity index (χ0n) is 31.7. The summed E-state index contributed by atoms with van der Waals surface area (Å²) in [6.45, 7) is -2.00. The lowest BCUT2D eigenvalue weighted by molar-refractivity contribution is -0.556. The van der Waals surface area contributed by atoms with E-state index in [4.69, 9.17) is 4.74 Å². The van der Waals surface area contributed by atoms with Crippen molar-refractivity contribution in [2.45, 2.75) is 131 Å². The molecule has 0 amide bonds. The Morgan fingerprint density at radius 1 is 0.460 bits per heavy atom. The number of nitrogens with zero attached hydrogens (tertiary/aromatic N) is 2. The standard InChI is InChI=1S/C34H33F23N2O4/c1-2-3-4-5-6-7-10-20-17-58-23(59-18-20)21-11-13-22(14-12-21)61-16-9-8-15-60-19-24(35,36)25(37,38)31(50,51)62-33(54,55)34(56,57)63-32(52,53)29(45,46)27(41,42)26(39,40)28(43,44)30(47,48)49/h11-14,17-18H,2-10,15-16,19H2,1H3. The molecule has 0 aliphatic carbocycles. The predicted molar refractivity (Wildman–Crippen MR) is 168 cm³/mol. The van der Waals surface area contributed by atoms with Crippen LogP contribution in [0.4, 0.5) is 101 Å². The van der Waals surface area contributed by atoms with Gasteiger partial charge in [-0.2, -0.15) is 101 Å². The molecule has 0 aliphatic rings. The number of ether oxygens (including phenoxy) is 4. The maximum absolute atomic E-state index is 14.0. The summed E-state index contributed by atoms with van der Waals surface area (Å²) in [5, 5.41) is 0. The van der Waals surface area contributed by atoms with Gasteiger partial charge in [0.25, 0.3) is 0 Å². The third-order valence-electron chi connectivity index (χ3n) is 8.45. The van der Waals surface area contributed by atoms with Crippen LogP contribution in [0.5, 0.6) is 5.75 Å². The molecule has 1 aromatic heterocycles. The molecule has 0 saturated carbocycles. The van der Waals surface area contributed by atoms with Crippen LogP contribution in [-0.4, -0.2) is 95.9 Å². The Labute approximate surface area is 340 Å². The zero-order valence-corrected chi connectivity index (χ0v) is 31.7. The molecule has 1 aromatic carbocycles. The first kappa shape index (κ1) is 55.5. The highest BCUT2D eigenvalue weighted by molar-refractivity contribution is 5.55. The van der Waals surface area contributed by atoms with Crippen LogP contribution in [-0.2, 0) is 20.6 Å². The third-order valence-corrected chi connectivity index (χ3v) is 8.45. The predicted octanol–water partition coefficient (Wildman–Crippen LogP) is 13.0. The van der Waals surface area contributed by atoms with Gasteiger partial charge >= 0.3 is 66.1 Å². The van der Waals surface area contributed by atoms with Gasteiger partial charge in [-0.1, -0.05) is 39.0 Å². The van der Waals surface area contributed by atoms with E-state index in [1.54, 1.807) is 24.5 Å². The van der Waals surface area contributed by atoms with Crippen LogP contribution in [0.3, 0.4) is 0 Å². The number of halogens is 23. The number of rotatable bonds is 27. The molecule has 364 valence electrons. The average molecular weight is 971 g/mol. The Hall–Kier alpha value is -3.63. The summed E-state index contributed by atoms with van der Waals surface area (Å²) >= 11 is 0. The summed E-state index contributed by atoms with van der Waals surface area (Å²) < 4.78 is 321. The van der Waals surface area contributed by atoms with Gasteiger partial charge in [-0.15, -0.1) is 0 Å². The molecule has 1 heterocycles. The summed E-state index contributed by atoms with van der Waals surface area (Å²) in [6, 6.07) is 6.10. The molecule has 0 saturated heterocycles. The Bertz CT molecular complexity index is 1720. The molecule has 0 fully saturated rings. The average Bonchev–Trinajstić information content (AvgIpc) is 3.14. The van der Waals surface area contributed by atoms with Gasteiger partial charge in [0.1, 0.15) is 12.4 Å². The number of alkyl halides is 23. The number of hydrogen-bond donors (Lipinski definition) is 0. The smallest absolute Gasteiger partial charge is 0.460 e. The summed E-state index contributed by atoms with van der Waals surface area (Å²) in [5.41, 5.74) is 1.53. The third kappa shape index (κ3) is 12.2. The molecule has 63 heavy (non-hydrogen) atoms. The summed E-state index contributed by atoms with van der Waals surface area (Å²) in [5.74, 6) is -48.3. The summed E-state index contributed by atoms with van der Waals surface area (Å²) in [7, 11) is 0. The van der Waals surface area contributed by atoms with Gasteiger partial charge in [0.15, 0.2) is 5.82 Å². The van der Waals surface area contributed by atoms with Gasteiger partial charge < -0.3 is 9.47 Å². The van der Waals surface area contributed by atoms with E-state index in [1.807, 2.05) is 0 Å². The largest absolute Gasteiger partial charge is 0.494 e. The molecule has 0 radical (unpaired) electrons. The van der Waals surface area contributed by atoms with Crippen molar-refractivity contribution in [1.82, 2.24) is 9.97 Å². The minimum Gasteiger partial charge on any atom is -0.494 e. The van der Waals surface area contributed by atoms with Gasteiger partial charge in [0.2, 0.25) is 0 Å². The first-order chi connectivity index (χ1) is 28.4. The van der Waals surface area contributed by atoms with Gasteiger partial charge in [-0.25, -0.2) is 19.4 Å². The highest BCUT2D eigenvalue weighted by atomic mass is 19.4. The van der Waals surface area contributed by atoms with E-state index in [0.717, 1.165) is 48.8 Å². The number of benzene rings is 1. The van der Waals surface area contributed by atoms with E-state index >= 15 is 0 Å². The monoisotopic (exact) mass is 970 g/mol. The van der Waals surface area contributed by atoms with Gasteiger partial charge in [-0.3, -0.25) is 0 Å². The molecule has 0 bridgehead atoms. The molecule has 6 nitrogen and oxygen atoms in total. The first-order valence-electron chi connectivity index (χ1n) is 17.8. The van der Waals surface area contributed by atoms with Crippen molar-refractivity contribution in [2.75, 3.05) is 19.8 Å². The van der Waals surface area contributed by atoms with Crippen LogP contribution >= 0.6 is 0 Å². The highest BCUT2D eigenvalue weighted by Crippen LogP contribution is 2.62. The van der Waals surface area contributed by atoms with Crippen LogP contribution in [0.1, 0.15) is 63.9 Å². The molecular weight excluding hydrogens is 937 g/mol. The fourth-order valence-corrected chi connectivity index (χ4v) is 4.77. The normalized spacial score (nSPS) is 14.7. The van der Waals surface area contributed by atoms with Crippen molar-refractivity contribution in [2.24, 2.45) is 0 Å². The van der Waals surface area contributed by atoms with Crippen LogP contribution in [0.25, 0.3) is 11.4 Å². The van der Waals surface area contributed by atoms with Crippen molar-refractivity contribution in [3.63, 3.8) is 0 Å². The molecular formula is C34H33F23N2O4. The number of aromatic nitrogens is 2. The lowest BCUT2D eigenvalue weighted by atomic mass is 9.97. The van der Waals surface area contributed by atoms with Crippen molar-refractivity contribution in [1.29, 1.82) is 0 Å². The first-order valence-corrected chi connectivity index (χ1v) is 17.8. The Morgan fingerprint density at radius 3 is 1.40 bits per heavy atom. The Kier molecular flexibility index (Phi) is 17.5. The summed E-state index contributed by atoms with van der Waals surface area (Å²) in [6.07, 6.45) is -30.3. The van der Waals surface area contributed by atoms with Crippen molar-refractivity contribution in [3.8, 4) is 17.1 Å². The highest BCUT2D eigenvalue weighted by Gasteiger charge is 2.92. The van der Waals surface area contributed by atoms with Gasteiger partial charge in [0.05, 0.1) is 6.61 Å². The quantitative estimate of drug-likeness (QED) is 0.0657. The van der Waals surface area contributed by atoms with Crippen LogP contribution in [0.2, 0.25) is 0 Å². The Morgan fingerprint density at radius 2 is 0.905 bits per heavy atom. The van der Waals surface area contributed by atoms with E-state index in [-0.39, 0.29) is 25.2 Å². The molecule has 0 unspecified atom stereocenters. The summed E-state index contributed by atoms with van der Waals surface area (Å²) in [4.78, 5) is 8.62.